The number of H-pyrrole nitrogens is 1. The molecule has 2 N–H and O–H groups in total. The fourth-order valence-corrected chi connectivity index (χ4v) is 2.46. The van der Waals surface area contributed by atoms with Gasteiger partial charge >= 0.3 is 5.97 Å². The average Bonchev–Trinajstić information content (AvgIpc) is 2.79. The van der Waals surface area contributed by atoms with E-state index < -0.39 is 17.6 Å². The zero-order valence-corrected chi connectivity index (χ0v) is 10.9. The molecule has 106 valence electrons. The van der Waals surface area contributed by atoms with Gasteiger partial charge in [0, 0.05) is 10.9 Å². The van der Waals surface area contributed by atoms with Crippen molar-refractivity contribution in [1.29, 1.82) is 0 Å². The van der Waals surface area contributed by atoms with Crippen LogP contribution in [0, 0.1) is 11.6 Å². The van der Waals surface area contributed by atoms with Crippen LogP contribution in [-0.4, -0.2) is 16.1 Å². The highest BCUT2D eigenvalue weighted by Gasteiger charge is 2.17. The molecular formula is C16H11F2NO2. The fourth-order valence-electron chi connectivity index (χ4n) is 2.46. The molecule has 0 saturated heterocycles. The summed E-state index contributed by atoms with van der Waals surface area (Å²) in [6, 6.07) is 10.2. The lowest BCUT2D eigenvalue weighted by Crippen LogP contribution is -2.01. The van der Waals surface area contributed by atoms with Gasteiger partial charge in [-0.05, 0) is 23.8 Å². The monoisotopic (exact) mass is 287 g/mol. The SMILES string of the molecule is O=C(O)Cc1c(-c2cccc(F)c2)[nH]c2c(F)cccc12. The second-order valence-corrected chi connectivity index (χ2v) is 4.72. The lowest BCUT2D eigenvalue weighted by atomic mass is 10.0. The molecule has 21 heavy (non-hydrogen) atoms. The Morgan fingerprint density at radius 3 is 2.62 bits per heavy atom. The molecule has 0 bridgehead atoms. The van der Waals surface area contributed by atoms with Gasteiger partial charge in [0.1, 0.15) is 11.6 Å². The van der Waals surface area contributed by atoms with E-state index in [0.717, 1.165) is 0 Å². The molecule has 1 heterocycles. The van der Waals surface area contributed by atoms with Crippen LogP contribution in [0.4, 0.5) is 8.78 Å². The van der Waals surface area contributed by atoms with Crippen molar-refractivity contribution in [1.82, 2.24) is 4.98 Å². The van der Waals surface area contributed by atoms with E-state index in [2.05, 4.69) is 4.98 Å². The summed E-state index contributed by atoms with van der Waals surface area (Å²) in [4.78, 5) is 13.9. The van der Waals surface area contributed by atoms with Crippen LogP contribution < -0.4 is 0 Å². The van der Waals surface area contributed by atoms with Gasteiger partial charge in [-0.3, -0.25) is 4.79 Å². The molecule has 0 aliphatic heterocycles. The van der Waals surface area contributed by atoms with Gasteiger partial charge < -0.3 is 10.1 Å². The number of hydrogen-bond acceptors (Lipinski definition) is 1. The van der Waals surface area contributed by atoms with Crippen molar-refractivity contribution < 1.29 is 18.7 Å². The van der Waals surface area contributed by atoms with Gasteiger partial charge in [-0.15, -0.1) is 0 Å². The standard InChI is InChI=1S/C16H11F2NO2/c17-10-4-1-3-9(7-10)15-12(8-14(20)21)11-5-2-6-13(18)16(11)19-15/h1-7,19H,8H2,(H,20,21). The van der Waals surface area contributed by atoms with Gasteiger partial charge in [-0.2, -0.15) is 0 Å². The number of hydrogen-bond donors (Lipinski definition) is 2. The third-order valence-electron chi connectivity index (χ3n) is 3.33. The number of para-hydroxylation sites is 1. The van der Waals surface area contributed by atoms with Crippen molar-refractivity contribution >= 4 is 16.9 Å². The minimum atomic E-state index is -1.03. The van der Waals surface area contributed by atoms with Crippen LogP contribution in [0.2, 0.25) is 0 Å². The highest BCUT2D eigenvalue weighted by atomic mass is 19.1. The summed E-state index contributed by atoms with van der Waals surface area (Å²) in [6.45, 7) is 0. The summed E-state index contributed by atoms with van der Waals surface area (Å²) in [7, 11) is 0. The molecule has 0 radical (unpaired) electrons. The molecular weight excluding hydrogens is 276 g/mol. The van der Waals surface area contributed by atoms with E-state index in [9.17, 15) is 13.6 Å². The Bertz CT molecular complexity index is 839. The smallest absolute Gasteiger partial charge is 0.307 e. The second-order valence-electron chi connectivity index (χ2n) is 4.72. The van der Waals surface area contributed by atoms with E-state index in [1.165, 1.54) is 30.3 Å². The topological polar surface area (TPSA) is 53.1 Å². The third kappa shape index (κ3) is 2.38. The van der Waals surface area contributed by atoms with E-state index in [1.807, 2.05) is 0 Å². The Labute approximate surface area is 118 Å². The van der Waals surface area contributed by atoms with Crippen LogP contribution in [-0.2, 0) is 11.2 Å². The molecule has 0 atom stereocenters. The highest BCUT2D eigenvalue weighted by Crippen LogP contribution is 2.32. The summed E-state index contributed by atoms with van der Waals surface area (Å²) in [5.74, 6) is -1.94. The Morgan fingerprint density at radius 2 is 1.90 bits per heavy atom. The van der Waals surface area contributed by atoms with Gasteiger partial charge in [0.05, 0.1) is 17.6 Å². The Morgan fingerprint density at radius 1 is 1.14 bits per heavy atom. The van der Waals surface area contributed by atoms with Crippen molar-refractivity contribution in [3.63, 3.8) is 0 Å². The molecule has 2 aromatic carbocycles. The number of nitrogens with one attached hydrogen (secondary N) is 1. The van der Waals surface area contributed by atoms with Crippen molar-refractivity contribution in [3.8, 4) is 11.3 Å². The van der Waals surface area contributed by atoms with E-state index in [0.29, 0.717) is 22.2 Å². The van der Waals surface area contributed by atoms with Crippen molar-refractivity contribution in [2.24, 2.45) is 0 Å². The van der Waals surface area contributed by atoms with Crippen molar-refractivity contribution in [2.75, 3.05) is 0 Å². The van der Waals surface area contributed by atoms with Crippen LogP contribution in [0.5, 0.6) is 0 Å². The second kappa shape index (κ2) is 5.01. The van der Waals surface area contributed by atoms with Crippen LogP contribution >= 0.6 is 0 Å². The fraction of sp³-hybridized carbons (Fsp3) is 0.0625. The molecule has 1 aromatic heterocycles. The molecule has 3 rings (SSSR count). The lowest BCUT2D eigenvalue weighted by Gasteiger charge is -2.03. The maximum atomic E-state index is 13.9. The first-order valence-electron chi connectivity index (χ1n) is 6.33. The van der Waals surface area contributed by atoms with Crippen molar-refractivity contribution in [2.45, 2.75) is 6.42 Å². The van der Waals surface area contributed by atoms with Gasteiger partial charge in [-0.1, -0.05) is 24.3 Å². The third-order valence-corrected chi connectivity index (χ3v) is 3.33. The summed E-state index contributed by atoms with van der Waals surface area (Å²) < 4.78 is 27.2. The number of aromatic nitrogens is 1. The summed E-state index contributed by atoms with van der Waals surface area (Å²) in [5.41, 5.74) is 1.59. The first kappa shape index (κ1) is 13.3. The number of carbonyl (C=O) groups is 1. The minimum Gasteiger partial charge on any atom is -0.481 e. The summed E-state index contributed by atoms with van der Waals surface area (Å²) in [5, 5.41) is 9.56. The van der Waals surface area contributed by atoms with Crippen molar-refractivity contribution in [3.05, 3.63) is 59.7 Å². The number of halogens is 2. The maximum Gasteiger partial charge on any atom is 0.307 e. The number of rotatable bonds is 3. The zero-order valence-electron chi connectivity index (χ0n) is 10.9. The van der Waals surface area contributed by atoms with Gasteiger partial charge in [0.2, 0.25) is 0 Å². The Kier molecular flexibility index (Phi) is 3.17. The van der Waals surface area contributed by atoms with E-state index in [4.69, 9.17) is 5.11 Å². The van der Waals surface area contributed by atoms with Gasteiger partial charge in [0.25, 0.3) is 0 Å². The first-order valence-corrected chi connectivity index (χ1v) is 6.33. The zero-order chi connectivity index (χ0) is 15.0. The minimum absolute atomic E-state index is 0.230. The van der Waals surface area contributed by atoms with Crippen LogP contribution in [0.15, 0.2) is 42.5 Å². The highest BCUT2D eigenvalue weighted by molar-refractivity contribution is 5.94. The quantitative estimate of drug-likeness (QED) is 0.771. The number of benzene rings is 2. The van der Waals surface area contributed by atoms with E-state index in [-0.39, 0.29) is 11.9 Å². The van der Waals surface area contributed by atoms with E-state index in [1.54, 1.807) is 12.1 Å². The molecule has 0 aliphatic rings. The molecule has 0 unspecified atom stereocenters. The number of aliphatic carboxylic acids is 1. The molecule has 0 fully saturated rings. The maximum absolute atomic E-state index is 13.9. The van der Waals surface area contributed by atoms with Gasteiger partial charge in [0.15, 0.2) is 0 Å². The predicted octanol–water partition coefficient (Wildman–Crippen LogP) is 3.74. The number of carboxylic acid groups (broad SMARTS) is 1. The van der Waals surface area contributed by atoms with E-state index >= 15 is 0 Å². The molecule has 3 aromatic rings. The van der Waals surface area contributed by atoms with Crippen LogP contribution in [0.3, 0.4) is 0 Å². The average molecular weight is 287 g/mol. The van der Waals surface area contributed by atoms with Crippen LogP contribution in [0.25, 0.3) is 22.2 Å². The number of fused-ring (bicyclic) bond motifs is 1. The molecule has 0 aliphatic carbocycles. The van der Waals surface area contributed by atoms with Gasteiger partial charge in [-0.25, -0.2) is 8.78 Å². The molecule has 0 saturated carbocycles. The number of carboxylic acids is 1. The molecule has 5 heteroatoms. The molecule has 3 nitrogen and oxygen atoms in total. The number of aromatic amines is 1. The normalized spacial score (nSPS) is 11.0. The lowest BCUT2D eigenvalue weighted by molar-refractivity contribution is -0.136. The molecule has 0 spiro atoms. The summed E-state index contributed by atoms with van der Waals surface area (Å²) in [6.07, 6.45) is -0.269. The largest absolute Gasteiger partial charge is 0.481 e. The summed E-state index contributed by atoms with van der Waals surface area (Å²) >= 11 is 0. The Balaban J connectivity index is 2.30. The molecule has 0 amide bonds. The first-order chi connectivity index (χ1) is 10.1. The van der Waals surface area contributed by atoms with Crippen LogP contribution in [0.1, 0.15) is 5.56 Å². The Hall–Kier alpha value is -2.69. The predicted molar refractivity (Wildman–Crippen MR) is 75.0 cm³/mol.